The van der Waals surface area contributed by atoms with Gasteiger partial charge in [-0.2, -0.15) is 0 Å². The molecule has 1 atom stereocenters. The second-order valence-electron chi connectivity index (χ2n) is 5.99. The molecule has 1 N–H and O–H groups in total. The van der Waals surface area contributed by atoms with Gasteiger partial charge in [0.1, 0.15) is 0 Å². The first-order chi connectivity index (χ1) is 8.20. The Balaban J connectivity index is 2.19. The average molecular weight is 377 g/mol. The highest BCUT2D eigenvalue weighted by Crippen LogP contribution is 2.40. The Morgan fingerprint density at radius 3 is 2.39 bits per heavy atom. The quantitative estimate of drug-likeness (QED) is 0.786. The number of anilines is 1. The highest BCUT2D eigenvalue weighted by molar-refractivity contribution is 9.11. The number of nitrogens with one attached hydrogen (secondary N) is 1. The summed E-state index contributed by atoms with van der Waals surface area (Å²) in [5.74, 6) is 0. The van der Waals surface area contributed by atoms with Gasteiger partial charge in [-0.3, -0.25) is 0 Å². The molecule has 0 aromatic heterocycles. The molecule has 1 aromatic rings. The third kappa shape index (κ3) is 3.09. The van der Waals surface area contributed by atoms with Gasteiger partial charge in [0.05, 0.1) is 17.2 Å². The molecule has 2 nitrogen and oxygen atoms in total. The Morgan fingerprint density at radius 2 is 1.89 bits per heavy atom. The minimum atomic E-state index is -0.157. The van der Waals surface area contributed by atoms with E-state index >= 15 is 0 Å². The molecule has 18 heavy (non-hydrogen) atoms. The van der Waals surface area contributed by atoms with E-state index in [4.69, 9.17) is 4.74 Å². The van der Waals surface area contributed by atoms with E-state index in [-0.39, 0.29) is 11.2 Å². The molecule has 0 amide bonds. The number of hydrogen-bond donors (Lipinski definition) is 1. The Hall–Kier alpha value is -0.0600. The third-order valence-electron chi connectivity index (χ3n) is 3.34. The van der Waals surface area contributed by atoms with Crippen molar-refractivity contribution in [2.75, 3.05) is 5.32 Å². The zero-order chi connectivity index (χ0) is 13.6. The van der Waals surface area contributed by atoms with Gasteiger partial charge in [-0.05, 0) is 68.2 Å². The van der Waals surface area contributed by atoms with Crippen molar-refractivity contribution in [3.63, 3.8) is 0 Å². The van der Waals surface area contributed by atoms with Crippen LogP contribution in [0.4, 0.5) is 5.69 Å². The SMILES string of the molecule is CC1(C)CC(Nc2ccc(Br)cc2Br)C(C)(C)O1. The lowest BCUT2D eigenvalue weighted by molar-refractivity contribution is -0.0662. The molecule has 1 heterocycles. The highest BCUT2D eigenvalue weighted by Gasteiger charge is 2.45. The number of halogens is 2. The van der Waals surface area contributed by atoms with E-state index in [2.05, 4.69) is 77.0 Å². The van der Waals surface area contributed by atoms with Crippen molar-refractivity contribution in [2.45, 2.75) is 51.4 Å². The lowest BCUT2D eigenvalue weighted by Crippen LogP contribution is -2.38. The topological polar surface area (TPSA) is 21.3 Å². The van der Waals surface area contributed by atoms with Crippen molar-refractivity contribution in [3.8, 4) is 0 Å². The van der Waals surface area contributed by atoms with Crippen LogP contribution in [0, 0.1) is 0 Å². The van der Waals surface area contributed by atoms with Gasteiger partial charge in [-0.15, -0.1) is 0 Å². The molecule has 100 valence electrons. The second-order valence-corrected chi connectivity index (χ2v) is 7.76. The summed E-state index contributed by atoms with van der Waals surface area (Å²) in [5, 5.41) is 3.59. The van der Waals surface area contributed by atoms with Crippen molar-refractivity contribution >= 4 is 37.5 Å². The molecule has 1 saturated heterocycles. The lowest BCUT2D eigenvalue weighted by Gasteiger charge is -2.28. The van der Waals surface area contributed by atoms with Gasteiger partial charge in [-0.1, -0.05) is 15.9 Å². The molecule has 1 aromatic carbocycles. The average Bonchev–Trinajstić information content (AvgIpc) is 2.39. The summed E-state index contributed by atoms with van der Waals surface area (Å²) in [6.45, 7) is 8.58. The van der Waals surface area contributed by atoms with Gasteiger partial charge in [0.25, 0.3) is 0 Å². The normalized spacial score (nSPS) is 25.1. The number of benzene rings is 1. The predicted octanol–water partition coefficient (Wildman–Crippen LogP) is 4.97. The molecule has 1 aliphatic rings. The zero-order valence-corrected chi connectivity index (χ0v) is 14.4. The van der Waals surface area contributed by atoms with Gasteiger partial charge in [0.2, 0.25) is 0 Å². The number of hydrogen-bond acceptors (Lipinski definition) is 2. The van der Waals surface area contributed by atoms with Gasteiger partial charge in [0.15, 0.2) is 0 Å². The fourth-order valence-corrected chi connectivity index (χ4v) is 3.74. The lowest BCUT2D eigenvalue weighted by atomic mass is 9.94. The Morgan fingerprint density at radius 1 is 1.22 bits per heavy atom. The molecule has 0 aliphatic carbocycles. The molecule has 0 spiro atoms. The van der Waals surface area contributed by atoms with E-state index < -0.39 is 0 Å². The van der Waals surface area contributed by atoms with Crippen LogP contribution in [0.3, 0.4) is 0 Å². The molecule has 0 bridgehead atoms. The molecule has 0 saturated carbocycles. The summed E-state index contributed by atoms with van der Waals surface area (Å²) in [6.07, 6.45) is 1.00. The molecule has 1 fully saturated rings. The summed E-state index contributed by atoms with van der Waals surface area (Å²) in [5.41, 5.74) is 0.886. The van der Waals surface area contributed by atoms with Gasteiger partial charge in [0, 0.05) is 14.6 Å². The van der Waals surface area contributed by atoms with Crippen LogP contribution in [0.15, 0.2) is 27.1 Å². The molecule has 2 rings (SSSR count). The molecule has 0 radical (unpaired) electrons. The van der Waals surface area contributed by atoms with Crippen LogP contribution >= 0.6 is 31.9 Å². The van der Waals surface area contributed by atoms with Crippen LogP contribution < -0.4 is 5.32 Å². The summed E-state index contributed by atoms with van der Waals surface area (Å²) in [7, 11) is 0. The van der Waals surface area contributed by atoms with Crippen molar-refractivity contribution in [1.29, 1.82) is 0 Å². The number of rotatable bonds is 2. The van der Waals surface area contributed by atoms with Crippen LogP contribution in [0.2, 0.25) is 0 Å². The first-order valence-corrected chi connectivity index (χ1v) is 7.70. The van der Waals surface area contributed by atoms with Crippen LogP contribution in [0.5, 0.6) is 0 Å². The zero-order valence-electron chi connectivity index (χ0n) is 11.2. The summed E-state index contributed by atoms with van der Waals surface area (Å²) < 4.78 is 8.24. The molecule has 1 unspecified atom stereocenters. The van der Waals surface area contributed by atoms with Crippen molar-refractivity contribution in [3.05, 3.63) is 27.1 Å². The maximum absolute atomic E-state index is 6.10. The van der Waals surface area contributed by atoms with Gasteiger partial charge in [-0.25, -0.2) is 0 Å². The number of ether oxygens (including phenoxy) is 1. The second kappa shape index (κ2) is 4.80. The first kappa shape index (κ1) is 14.4. The van der Waals surface area contributed by atoms with Gasteiger partial charge >= 0.3 is 0 Å². The van der Waals surface area contributed by atoms with E-state index in [0.717, 1.165) is 21.1 Å². The predicted molar refractivity (Wildman–Crippen MR) is 83.1 cm³/mol. The fraction of sp³-hybridized carbons (Fsp3) is 0.571. The van der Waals surface area contributed by atoms with E-state index in [1.807, 2.05) is 6.07 Å². The van der Waals surface area contributed by atoms with Crippen molar-refractivity contribution in [1.82, 2.24) is 0 Å². The van der Waals surface area contributed by atoms with E-state index in [0.29, 0.717) is 6.04 Å². The minimum absolute atomic E-state index is 0.0665. The maximum Gasteiger partial charge on any atom is 0.0834 e. The monoisotopic (exact) mass is 375 g/mol. The Bertz CT molecular complexity index is 457. The molecular formula is C14H19Br2NO. The Labute approximate surface area is 126 Å². The van der Waals surface area contributed by atoms with Crippen LogP contribution in [-0.2, 0) is 4.74 Å². The van der Waals surface area contributed by atoms with Gasteiger partial charge < -0.3 is 10.1 Å². The van der Waals surface area contributed by atoms with E-state index in [9.17, 15) is 0 Å². The summed E-state index contributed by atoms with van der Waals surface area (Å²) >= 11 is 7.05. The standard InChI is InChI=1S/C14H19Br2NO/c1-13(2)8-12(14(3,4)18-13)17-11-6-5-9(15)7-10(11)16/h5-7,12,17H,8H2,1-4H3. The fourth-order valence-electron chi connectivity index (χ4n) is 2.58. The Kier molecular flexibility index (Phi) is 3.83. The maximum atomic E-state index is 6.10. The first-order valence-electron chi connectivity index (χ1n) is 6.11. The molecule has 4 heteroatoms. The summed E-state index contributed by atoms with van der Waals surface area (Å²) in [4.78, 5) is 0. The third-order valence-corrected chi connectivity index (χ3v) is 4.48. The van der Waals surface area contributed by atoms with Crippen LogP contribution in [0.1, 0.15) is 34.1 Å². The minimum Gasteiger partial charge on any atom is -0.378 e. The van der Waals surface area contributed by atoms with E-state index in [1.54, 1.807) is 0 Å². The molecule has 1 aliphatic heterocycles. The highest BCUT2D eigenvalue weighted by atomic mass is 79.9. The van der Waals surface area contributed by atoms with Crippen LogP contribution in [0.25, 0.3) is 0 Å². The van der Waals surface area contributed by atoms with Crippen molar-refractivity contribution < 1.29 is 4.74 Å². The van der Waals surface area contributed by atoms with Crippen LogP contribution in [-0.4, -0.2) is 17.2 Å². The van der Waals surface area contributed by atoms with Crippen molar-refractivity contribution in [2.24, 2.45) is 0 Å². The summed E-state index contributed by atoms with van der Waals surface area (Å²) in [6, 6.07) is 6.48. The smallest absolute Gasteiger partial charge is 0.0834 e. The largest absolute Gasteiger partial charge is 0.378 e. The molecular weight excluding hydrogens is 358 g/mol. The van der Waals surface area contributed by atoms with E-state index in [1.165, 1.54) is 0 Å².